The summed E-state index contributed by atoms with van der Waals surface area (Å²) in [5, 5.41) is 17.6. The predicted molar refractivity (Wildman–Crippen MR) is 125 cm³/mol. The van der Waals surface area contributed by atoms with Crippen LogP contribution in [0.4, 0.5) is 0 Å². The summed E-state index contributed by atoms with van der Waals surface area (Å²) in [6.45, 7) is 10.4. The Morgan fingerprint density at radius 1 is 1.19 bits per heavy atom. The quantitative estimate of drug-likeness (QED) is 0.404. The van der Waals surface area contributed by atoms with Crippen LogP contribution in [0.25, 0.3) is 0 Å². The van der Waals surface area contributed by atoms with Gasteiger partial charge in [-0.3, -0.25) is 4.90 Å². The van der Waals surface area contributed by atoms with E-state index in [1.807, 2.05) is 32.0 Å². The number of morpholine rings is 1. The molecule has 0 bridgehead atoms. The largest absolute Gasteiger partial charge is 0.497 e. The van der Waals surface area contributed by atoms with Crippen LogP contribution in [0.5, 0.6) is 5.75 Å². The summed E-state index contributed by atoms with van der Waals surface area (Å²) in [7, 11) is 1.67. The van der Waals surface area contributed by atoms with E-state index in [2.05, 4.69) is 32.7 Å². The number of hydrogen-bond donors (Lipinski definition) is 3. The summed E-state index contributed by atoms with van der Waals surface area (Å²) >= 11 is 0. The zero-order chi connectivity index (χ0) is 23.0. The van der Waals surface area contributed by atoms with Crippen molar-refractivity contribution in [3.05, 3.63) is 53.5 Å². The molecule has 0 aliphatic carbocycles. The molecule has 0 spiro atoms. The summed E-state index contributed by atoms with van der Waals surface area (Å²) in [5.41, 5.74) is 0.0186. The number of hydrogen-bond acceptors (Lipinski definition) is 6. The first-order chi connectivity index (χ1) is 15.4. The van der Waals surface area contributed by atoms with Crippen molar-refractivity contribution in [1.29, 1.82) is 0 Å². The number of rotatable bonds is 9. The topological polar surface area (TPSA) is 91.5 Å². The second kappa shape index (κ2) is 11.4. The van der Waals surface area contributed by atoms with Gasteiger partial charge in [-0.1, -0.05) is 12.1 Å². The minimum absolute atomic E-state index is 0.155. The van der Waals surface area contributed by atoms with Gasteiger partial charge >= 0.3 is 0 Å². The van der Waals surface area contributed by atoms with E-state index in [0.717, 1.165) is 44.4 Å². The van der Waals surface area contributed by atoms with Crippen LogP contribution in [0.1, 0.15) is 37.0 Å². The van der Waals surface area contributed by atoms with Gasteiger partial charge in [0.25, 0.3) is 0 Å². The van der Waals surface area contributed by atoms with Gasteiger partial charge in [0.1, 0.15) is 22.9 Å². The third-order valence-corrected chi connectivity index (χ3v) is 5.61. The lowest BCUT2D eigenvalue weighted by atomic mass is 10.0. The van der Waals surface area contributed by atoms with Gasteiger partial charge < -0.3 is 29.6 Å². The SMILES string of the molecule is CCNC(=NCC(C)(O)c1ccc(C)o1)NCC(c1ccc(OC)cc1)N1CCOCC1. The van der Waals surface area contributed by atoms with Gasteiger partial charge in [-0.15, -0.1) is 0 Å². The van der Waals surface area contributed by atoms with E-state index in [4.69, 9.17) is 13.9 Å². The Kier molecular flexibility index (Phi) is 8.55. The third kappa shape index (κ3) is 6.48. The average Bonchev–Trinajstić information content (AvgIpc) is 3.26. The van der Waals surface area contributed by atoms with E-state index in [-0.39, 0.29) is 12.6 Å². The molecule has 1 saturated heterocycles. The van der Waals surface area contributed by atoms with E-state index in [1.165, 1.54) is 5.56 Å². The van der Waals surface area contributed by atoms with Crippen LogP contribution >= 0.6 is 0 Å². The molecule has 3 rings (SSSR count). The summed E-state index contributed by atoms with van der Waals surface area (Å²) < 4.78 is 16.5. The van der Waals surface area contributed by atoms with E-state index in [1.54, 1.807) is 20.1 Å². The Morgan fingerprint density at radius 2 is 1.91 bits per heavy atom. The molecule has 2 atom stereocenters. The monoisotopic (exact) mass is 444 g/mol. The first kappa shape index (κ1) is 24.1. The Morgan fingerprint density at radius 3 is 2.50 bits per heavy atom. The molecule has 8 nitrogen and oxygen atoms in total. The highest BCUT2D eigenvalue weighted by Gasteiger charge is 2.27. The minimum atomic E-state index is -1.18. The fraction of sp³-hybridized carbons (Fsp3) is 0.542. The maximum Gasteiger partial charge on any atom is 0.191 e. The second-order valence-electron chi connectivity index (χ2n) is 8.20. The van der Waals surface area contributed by atoms with Gasteiger partial charge in [-0.25, -0.2) is 4.99 Å². The number of aliphatic imine (C=N–C) groups is 1. The molecule has 2 unspecified atom stereocenters. The normalized spacial score (nSPS) is 18.1. The van der Waals surface area contributed by atoms with Crippen LogP contribution in [0.3, 0.4) is 0 Å². The Labute approximate surface area is 190 Å². The zero-order valence-electron chi connectivity index (χ0n) is 19.6. The smallest absolute Gasteiger partial charge is 0.191 e. The van der Waals surface area contributed by atoms with Gasteiger partial charge in [0.2, 0.25) is 0 Å². The molecule has 1 aliphatic rings. The number of benzene rings is 1. The Hall–Kier alpha value is -2.55. The van der Waals surface area contributed by atoms with Gasteiger partial charge in [0.05, 0.1) is 32.9 Å². The van der Waals surface area contributed by atoms with Crippen molar-refractivity contribution < 1.29 is 19.0 Å². The number of nitrogens with zero attached hydrogens (tertiary/aromatic N) is 2. The van der Waals surface area contributed by atoms with Gasteiger partial charge in [0, 0.05) is 26.2 Å². The van der Waals surface area contributed by atoms with E-state index >= 15 is 0 Å². The van der Waals surface area contributed by atoms with Crippen LogP contribution < -0.4 is 15.4 Å². The molecule has 0 saturated carbocycles. The fourth-order valence-corrected chi connectivity index (χ4v) is 3.74. The second-order valence-corrected chi connectivity index (χ2v) is 8.20. The summed E-state index contributed by atoms with van der Waals surface area (Å²) in [6, 6.07) is 12.0. The highest BCUT2D eigenvalue weighted by atomic mass is 16.5. The number of furan rings is 1. The highest BCUT2D eigenvalue weighted by Crippen LogP contribution is 2.25. The molecule has 1 aliphatic heterocycles. The van der Waals surface area contributed by atoms with Crippen molar-refractivity contribution in [2.45, 2.75) is 32.4 Å². The van der Waals surface area contributed by atoms with Crippen molar-refractivity contribution >= 4 is 5.96 Å². The molecular weight excluding hydrogens is 408 g/mol. The molecule has 1 fully saturated rings. The van der Waals surface area contributed by atoms with Crippen molar-refractivity contribution in [2.75, 3.05) is 53.0 Å². The fourth-order valence-electron chi connectivity index (χ4n) is 3.74. The number of ether oxygens (including phenoxy) is 2. The molecule has 176 valence electrons. The van der Waals surface area contributed by atoms with Crippen LogP contribution in [0.15, 0.2) is 45.8 Å². The summed E-state index contributed by atoms with van der Waals surface area (Å²) in [4.78, 5) is 7.05. The Balaban J connectivity index is 1.72. The molecular formula is C24H36N4O4. The predicted octanol–water partition coefficient (Wildman–Crippen LogP) is 2.43. The summed E-state index contributed by atoms with van der Waals surface area (Å²) in [5.74, 6) is 2.77. The first-order valence-electron chi connectivity index (χ1n) is 11.2. The van der Waals surface area contributed by atoms with E-state index in [9.17, 15) is 5.11 Å². The lowest BCUT2D eigenvalue weighted by molar-refractivity contribution is 0.0169. The highest BCUT2D eigenvalue weighted by molar-refractivity contribution is 5.79. The number of nitrogens with one attached hydrogen (secondary N) is 2. The number of methoxy groups -OCH3 is 1. The molecule has 1 aromatic carbocycles. The lowest BCUT2D eigenvalue weighted by Gasteiger charge is -2.35. The van der Waals surface area contributed by atoms with Crippen LogP contribution in [-0.4, -0.2) is 69.0 Å². The van der Waals surface area contributed by atoms with Crippen molar-refractivity contribution in [2.24, 2.45) is 4.99 Å². The lowest BCUT2D eigenvalue weighted by Crippen LogP contribution is -2.46. The molecule has 2 heterocycles. The van der Waals surface area contributed by atoms with Gasteiger partial charge in [-0.05, 0) is 50.6 Å². The molecule has 32 heavy (non-hydrogen) atoms. The molecule has 0 amide bonds. The molecule has 1 aromatic heterocycles. The first-order valence-corrected chi connectivity index (χ1v) is 11.2. The van der Waals surface area contributed by atoms with Gasteiger partial charge in [0.15, 0.2) is 5.96 Å². The number of aryl methyl sites for hydroxylation is 1. The summed E-state index contributed by atoms with van der Waals surface area (Å²) in [6.07, 6.45) is 0. The molecule has 0 radical (unpaired) electrons. The maximum absolute atomic E-state index is 10.8. The molecule has 8 heteroatoms. The van der Waals surface area contributed by atoms with Crippen molar-refractivity contribution in [1.82, 2.24) is 15.5 Å². The minimum Gasteiger partial charge on any atom is -0.497 e. The maximum atomic E-state index is 10.8. The van der Waals surface area contributed by atoms with E-state index < -0.39 is 5.60 Å². The van der Waals surface area contributed by atoms with E-state index in [0.29, 0.717) is 18.3 Å². The standard InChI is InChI=1S/C24H36N4O4/c1-5-25-23(27-17-24(3,29)22-11-6-18(2)32-22)26-16-21(28-12-14-31-15-13-28)19-7-9-20(30-4)10-8-19/h6-11,21,29H,5,12-17H2,1-4H3,(H2,25,26,27). The van der Waals surface area contributed by atoms with Crippen LogP contribution in [0, 0.1) is 6.92 Å². The number of guanidine groups is 1. The number of aliphatic hydroxyl groups is 1. The van der Waals surface area contributed by atoms with Gasteiger partial charge in [-0.2, -0.15) is 0 Å². The van der Waals surface area contributed by atoms with Crippen molar-refractivity contribution in [3.8, 4) is 5.75 Å². The van der Waals surface area contributed by atoms with Crippen LogP contribution in [0.2, 0.25) is 0 Å². The van der Waals surface area contributed by atoms with Crippen molar-refractivity contribution in [3.63, 3.8) is 0 Å². The Bertz CT molecular complexity index is 857. The molecule has 2 aromatic rings. The average molecular weight is 445 g/mol. The third-order valence-electron chi connectivity index (χ3n) is 5.61. The zero-order valence-corrected chi connectivity index (χ0v) is 19.6. The molecule has 3 N–H and O–H groups in total. The van der Waals surface area contributed by atoms with Crippen LogP contribution in [-0.2, 0) is 10.3 Å².